The predicted molar refractivity (Wildman–Crippen MR) is 94.7 cm³/mol. The van der Waals surface area contributed by atoms with Crippen LogP contribution in [0.4, 0.5) is 11.4 Å². The van der Waals surface area contributed by atoms with Crippen LogP contribution in [0.25, 0.3) is 0 Å². The number of anilines is 1. The van der Waals surface area contributed by atoms with Gasteiger partial charge in [0.25, 0.3) is 5.69 Å². The van der Waals surface area contributed by atoms with Crippen LogP contribution >= 0.6 is 0 Å². The Kier molecular flexibility index (Phi) is 5.34. The normalized spacial score (nSPS) is 20.8. The van der Waals surface area contributed by atoms with E-state index in [4.69, 9.17) is 0 Å². The fourth-order valence-electron chi connectivity index (χ4n) is 3.06. The van der Waals surface area contributed by atoms with E-state index in [0.29, 0.717) is 24.5 Å². The Hall–Kier alpha value is -1.48. The first-order chi connectivity index (χ1) is 11.1. The Labute approximate surface area is 144 Å². The van der Waals surface area contributed by atoms with Crippen LogP contribution in [0.15, 0.2) is 23.1 Å². The molecule has 1 saturated heterocycles. The number of nitrogens with zero attached hydrogens (tertiary/aromatic N) is 2. The summed E-state index contributed by atoms with van der Waals surface area (Å²) in [6.45, 7) is 4.87. The summed E-state index contributed by atoms with van der Waals surface area (Å²) in [4.78, 5) is 12.7. The third-order valence-electron chi connectivity index (χ3n) is 4.71. The predicted octanol–water partition coefficient (Wildman–Crippen LogP) is 2.13. The highest BCUT2D eigenvalue weighted by molar-refractivity contribution is 7.90. The van der Waals surface area contributed by atoms with Gasteiger partial charge in [-0.25, -0.2) is 8.42 Å². The maximum absolute atomic E-state index is 12.4. The van der Waals surface area contributed by atoms with Crippen LogP contribution in [0.5, 0.6) is 0 Å². The maximum atomic E-state index is 12.4. The SMILES string of the molecule is CCC1(CC)CN(c2ccc(S(C)(=O)=O)cc2[N+](=O)[O-])CCS1=O. The minimum absolute atomic E-state index is 0.0733. The molecule has 9 heteroatoms. The number of hydrogen-bond donors (Lipinski definition) is 0. The second-order valence-electron chi connectivity index (χ2n) is 6.04. The molecule has 134 valence electrons. The van der Waals surface area contributed by atoms with E-state index in [1.165, 1.54) is 12.1 Å². The van der Waals surface area contributed by atoms with Crippen LogP contribution in [0, 0.1) is 10.1 Å². The molecule has 0 spiro atoms. The smallest absolute Gasteiger partial charge is 0.293 e. The van der Waals surface area contributed by atoms with E-state index in [1.54, 1.807) is 0 Å². The molecule has 0 saturated carbocycles. The summed E-state index contributed by atoms with van der Waals surface area (Å²) in [7, 11) is -4.49. The molecule has 0 radical (unpaired) electrons. The Morgan fingerprint density at radius 2 is 1.96 bits per heavy atom. The molecule has 1 unspecified atom stereocenters. The minimum Gasteiger partial charge on any atom is -0.364 e. The van der Waals surface area contributed by atoms with E-state index >= 15 is 0 Å². The van der Waals surface area contributed by atoms with E-state index in [1.807, 2.05) is 18.7 Å². The summed E-state index contributed by atoms with van der Waals surface area (Å²) in [6.07, 6.45) is 2.47. The lowest BCUT2D eigenvalue weighted by molar-refractivity contribution is -0.384. The third-order valence-corrected chi connectivity index (χ3v) is 8.05. The van der Waals surface area contributed by atoms with Gasteiger partial charge in [0, 0.05) is 42.0 Å². The molecule has 1 atom stereocenters. The van der Waals surface area contributed by atoms with Crippen molar-refractivity contribution >= 4 is 32.0 Å². The average Bonchev–Trinajstić information content (AvgIpc) is 2.54. The molecule has 2 rings (SSSR count). The number of benzene rings is 1. The van der Waals surface area contributed by atoms with Crippen LogP contribution in [0.3, 0.4) is 0 Å². The Bertz CT molecular complexity index is 772. The van der Waals surface area contributed by atoms with E-state index in [-0.39, 0.29) is 15.3 Å². The Balaban J connectivity index is 2.48. The van der Waals surface area contributed by atoms with Crippen LogP contribution in [-0.4, -0.2) is 47.4 Å². The van der Waals surface area contributed by atoms with Crippen molar-refractivity contribution in [1.29, 1.82) is 0 Å². The van der Waals surface area contributed by atoms with Gasteiger partial charge < -0.3 is 4.90 Å². The van der Waals surface area contributed by atoms with Crippen molar-refractivity contribution in [3.05, 3.63) is 28.3 Å². The van der Waals surface area contributed by atoms with Gasteiger partial charge in [0.2, 0.25) is 0 Å². The van der Waals surface area contributed by atoms with Crippen LogP contribution < -0.4 is 4.90 Å². The highest BCUT2D eigenvalue weighted by Gasteiger charge is 2.40. The molecule has 1 aromatic carbocycles. The molecule has 7 nitrogen and oxygen atoms in total. The Morgan fingerprint density at radius 3 is 2.46 bits per heavy atom. The third kappa shape index (κ3) is 3.46. The van der Waals surface area contributed by atoms with Crippen LogP contribution in [0.1, 0.15) is 26.7 Å². The lowest BCUT2D eigenvalue weighted by Crippen LogP contribution is -2.53. The van der Waals surface area contributed by atoms with E-state index in [0.717, 1.165) is 25.2 Å². The molecule has 24 heavy (non-hydrogen) atoms. The molecule has 0 N–H and O–H groups in total. The van der Waals surface area contributed by atoms with Crippen molar-refractivity contribution in [3.63, 3.8) is 0 Å². The largest absolute Gasteiger partial charge is 0.364 e. The highest BCUT2D eigenvalue weighted by atomic mass is 32.2. The van der Waals surface area contributed by atoms with Gasteiger partial charge in [-0.2, -0.15) is 0 Å². The minimum atomic E-state index is -3.52. The van der Waals surface area contributed by atoms with Crippen molar-refractivity contribution in [3.8, 4) is 0 Å². The summed E-state index contributed by atoms with van der Waals surface area (Å²) in [6, 6.07) is 3.98. The number of rotatable bonds is 5. The summed E-state index contributed by atoms with van der Waals surface area (Å²) in [5, 5.41) is 11.4. The zero-order chi connectivity index (χ0) is 18.1. The number of nitro benzene ring substituents is 1. The summed E-state index contributed by atoms with van der Waals surface area (Å²) >= 11 is 0. The maximum Gasteiger partial charge on any atom is 0.293 e. The van der Waals surface area contributed by atoms with E-state index in [2.05, 4.69) is 0 Å². The molecule has 1 aromatic rings. The average molecular weight is 374 g/mol. The topological polar surface area (TPSA) is 97.6 Å². The van der Waals surface area contributed by atoms with Gasteiger partial charge in [-0.3, -0.25) is 14.3 Å². The molecular formula is C15H22N2O5S2. The standard InChI is InChI=1S/C15H22N2O5S2/c1-4-15(5-2)11-16(8-9-23(15)20)13-7-6-12(24(3,21)22)10-14(13)17(18)19/h6-7,10H,4-5,8-9,11H2,1-3H3. The quantitative estimate of drug-likeness (QED) is 0.578. The number of sulfone groups is 1. The van der Waals surface area contributed by atoms with Crippen LogP contribution in [-0.2, 0) is 20.6 Å². The molecular weight excluding hydrogens is 352 g/mol. The number of nitro groups is 1. The molecule has 1 aliphatic heterocycles. The monoisotopic (exact) mass is 374 g/mol. The molecule has 1 heterocycles. The van der Waals surface area contributed by atoms with Gasteiger partial charge in [0.1, 0.15) is 5.69 Å². The van der Waals surface area contributed by atoms with Gasteiger partial charge in [0.15, 0.2) is 9.84 Å². The van der Waals surface area contributed by atoms with Crippen molar-refractivity contribution in [2.24, 2.45) is 0 Å². The zero-order valence-corrected chi connectivity index (χ0v) is 15.7. The van der Waals surface area contributed by atoms with Crippen molar-refractivity contribution in [2.45, 2.75) is 36.3 Å². The molecule has 0 aliphatic carbocycles. The van der Waals surface area contributed by atoms with Gasteiger partial charge in [-0.05, 0) is 25.0 Å². The summed E-state index contributed by atoms with van der Waals surface area (Å²) < 4.78 is 35.4. The van der Waals surface area contributed by atoms with Gasteiger partial charge in [-0.15, -0.1) is 0 Å². The lowest BCUT2D eigenvalue weighted by Gasteiger charge is -2.42. The molecule has 1 fully saturated rings. The molecule has 0 aromatic heterocycles. The van der Waals surface area contributed by atoms with E-state index in [9.17, 15) is 22.7 Å². The highest BCUT2D eigenvalue weighted by Crippen LogP contribution is 2.36. The van der Waals surface area contributed by atoms with Gasteiger partial charge >= 0.3 is 0 Å². The van der Waals surface area contributed by atoms with E-state index < -0.39 is 25.6 Å². The molecule has 0 amide bonds. The first-order valence-corrected chi connectivity index (χ1v) is 11.0. The first-order valence-electron chi connectivity index (χ1n) is 7.76. The van der Waals surface area contributed by atoms with Crippen molar-refractivity contribution in [1.82, 2.24) is 0 Å². The van der Waals surface area contributed by atoms with Gasteiger partial charge in [-0.1, -0.05) is 13.8 Å². The first kappa shape index (κ1) is 18.9. The fraction of sp³-hybridized carbons (Fsp3) is 0.600. The van der Waals surface area contributed by atoms with Crippen molar-refractivity contribution in [2.75, 3.05) is 30.0 Å². The van der Waals surface area contributed by atoms with Crippen molar-refractivity contribution < 1.29 is 17.6 Å². The summed E-state index contributed by atoms with van der Waals surface area (Å²) in [5.74, 6) is 0.451. The fourth-order valence-corrected chi connectivity index (χ4v) is 5.46. The molecule has 1 aliphatic rings. The van der Waals surface area contributed by atoms with Crippen LogP contribution in [0.2, 0.25) is 0 Å². The number of hydrogen-bond acceptors (Lipinski definition) is 6. The van der Waals surface area contributed by atoms with Gasteiger partial charge in [0.05, 0.1) is 14.6 Å². The zero-order valence-electron chi connectivity index (χ0n) is 14.0. The summed E-state index contributed by atoms with van der Waals surface area (Å²) in [5.41, 5.74) is 0.155. The second kappa shape index (κ2) is 6.79. The lowest BCUT2D eigenvalue weighted by atomic mass is 10.0. The second-order valence-corrected chi connectivity index (χ2v) is 10.0. The molecule has 0 bridgehead atoms. The Morgan fingerprint density at radius 1 is 1.33 bits per heavy atom.